The van der Waals surface area contributed by atoms with E-state index in [1.807, 2.05) is 6.92 Å². The van der Waals surface area contributed by atoms with Crippen LogP contribution >= 0.6 is 0 Å². The molecule has 0 spiro atoms. The van der Waals surface area contributed by atoms with E-state index in [1.165, 1.54) is 0 Å². The average molecular weight is 374 g/mol. The molecule has 25 heavy (non-hydrogen) atoms. The van der Waals surface area contributed by atoms with E-state index in [0.717, 1.165) is 31.6 Å². The molecule has 1 aromatic carbocycles. The van der Waals surface area contributed by atoms with E-state index in [9.17, 15) is 8.42 Å². The lowest BCUT2D eigenvalue weighted by Crippen LogP contribution is -2.26. The summed E-state index contributed by atoms with van der Waals surface area (Å²) in [6.45, 7) is 4.51. The second-order valence-electron chi connectivity index (χ2n) is 6.02. The molecule has 2 saturated heterocycles. The highest BCUT2D eigenvalue weighted by atomic mass is 32.2. The lowest BCUT2D eigenvalue weighted by Gasteiger charge is -2.21. The van der Waals surface area contributed by atoms with Crippen LogP contribution in [0.5, 0.6) is 0 Å². The van der Waals surface area contributed by atoms with E-state index < -0.39 is 10.1 Å². The number of hydrogen-bond donors (Lipinski definition) is 1. The van der Waals surface area contributed by atoms with E-state index in [2.05, 4.69) is 0 Å². The molecule has 7 heteroatoms. The topological polar surface area (TPSA) is 82.1 Å². The minimum atomic E-state index is -3.63. The first-order valence-corrected chi connectivity index (χ1v) is 9.72. The first-order chi connectivity index (χ1) is 11.5. The van der Waals surface area contributed by atoms with Gasteiger partial charge in [0.1, 0.15) is 0 Å². The molecule has 0 bridgehead atoms. The van der Waals surface area contributed by atoms with Crippen LogP contribution in [0.3, 0.4) is 0 Å². The third-order valence-electron chi connectivity index (χ3n) is 3.93. The monoisotopic (exact) mass is 374 g/mol. The van der Waals surface area contributed by atoms with Crippen molar-refractivity contribution in [3.8, 4) is 0 Å². The van der Waals surface area contributed by atoms with Crippen LogP contribution in [-0.4, -0.2) is 52.2 Å². The maximum absolute atomic E-state index is 11.9. The van der Waals surface area contributed by atoms with Crippen molar-refractivity contribution in [2.45, 2.75) is 57.1 Å². The van der Waals surface area contributed by atoms with Crippen LogP contribution in [0.4, 0.5) is 0 Å². The smallest absolute Gasteiger partial charge is 0.297 e. The zero-order valence-electron chi connectivity index (χ0n) is 14.0. The number of rotatable bonds is 3. The van der Waals surface area contributed by atoms with Crippen LogP contribution in [0, 0.1) is 6.92 Å². The van der Waals surface area contributed by atoms with Crippen molar-refractivity contribution in [1.82, 2.24) is 0 Å². The zero-order valence-corrected chi connectivity index (χ0v) is 14.8. The van der Waals surface area contributed by atoms with Gasteiger partial charge in [0, 0.05) is 26.4 Å². The molecule has 0 aromatic heterocycles. The number of aryl methyl sites for hydroxylation is 1. The maximum atomic E-state index is 11.9. The first kappa shape index (κ1) is 22.1. The standard InChI is InChI=1S/C12H16O4S.C5H10O2.CH4/c1-10-2-4-12(5-3-10)17(13,14)16-11-6-8-15-9-7-11;6-5-1-3-7-4-2-5;/h2-5,11H,6-9H2,1H3;5-6H,1-4H2;1H4. The molecule has 0 atom stereocenters. The van der Waals surface area contributed by atoms with Gasteiger partial charge in [0.05, 0.1) is 17.1 Å². The van der Waals surface area contributed by atoms with Crippen molar-refractivity contribution in [2.24, 2.45) is 0 Å². The Morgan fingerprint density at radius 2 is 1.44 bits per heavy atom. The summed E-state index contributed by atoms with van der Waals surface area (Å²) in [4.78, 5) is 0.217. The minimum Gasteiger partial charge on any atom is -0.393 e. The summed E-state index contributed by atoms with van der Waals surface area (Å²) in [7, 11) is -3.63. The Labute approximate surface area is 151 Å². The molecule has 1 aromatic rings. The molecule has 2 fully saturated rings. The number of ether oxygens (including phenoxy) is 2. The lowest BCUT2D eigenvalue weighted by molar-refractivity contribution is 0.0140. The highest BCUT2D eigenvalue weighted by Crippen LogP contribution is 2.19. The second kappa shape index (κ2) is 10.9. The predicted molar refractivity (Wildman–Crippen MR) is 96.1 cm³/mol. The number of hydrogen-bond acceptors (Lipinski definition) is 6. The summed E-state index contributed by atoms with van der Waals surface area (Å²) in [5.74, 6) is 0. The fourth-order valence-corrected chi connectivity index (χ4v) is 3.53. The summed E-state index contributed by atoms with van der Waals surface area (Å²) >= 11 is 0. The van der Waals surface area contributed by atoms with Crippen LogP contribution in [0.1, 0.15) is 38.7 Å². The van der Waals surface area contributed by atoms with Gasteiger partial charge in [-0.25, -0.2) is 0 Å². The Kier molecular flexibility index (Phi) is 9.60. The summed E-state index contributed by atoms with van der Waals surface area (Å²) in [6.07, 6.45) is 2.56. The van der Waals surface area contributed by atoms with Gasteiger partial charge in [-0.05, 0) is 44.7 Å². The summed E-state index contributed by atoms with van der Waals surface area (Å²) in [5.41, 5.74) is 1.02. The van der Waals surface area contributed by atoms with Crippen molar-refractivity contribution in [3.05, 3.63) is 29.8 Å². The van der Waals surface area contributed by atoms with Gasteiger partial charge in [-0.1, -0.05) is 25.1 Å². The second-order valence-corrected chi connectivity index (χ2v) is 7.59. The average Bonchev–Trinajstić information content (AvgIpc) is 2.57. The molecule has 2 aliphatic rings. The summed E-state index contributed by atoms with van der Waals surface area (Å²) < 4.78 is 39.2. The molecule has 0 unspecified atom stereocenters. The molecule has 0 radical (unpaired) electrons. The quantitative estimate of drug-likeness (QED) is 0.819. The SMILES string of the molecule is C.Cc1ccc(S(=O)(=O)OC2CCOCC2)cc1.OC1CCOCC1. The van der Waals surface area contributed by atoms with Crippen molar-refractivity contribution in [1.29, 1.82) is 0 Å². The van der Waals surface area contributed by atoms with Gasteiger partial charge in [-0.3, -0.25) is 4.18 Å². The Morgan fingerprint density at radius 3 is 1.88 bits per heavy atom. The molecule has 0 saturated carbocycles. The molecule has 0 amide bonds. The van der Waals surface area contributed by atoms with Gasteiger partial charge in [0.2, 0.25) is 0 Å². The number of aliphatic hydroxyl groups is 1. The van der Waals surface area contributed by atoms with Gasteiger partial charge in [-0.15, -0.1) is 0 Å². The van der Waals surface area contributed by atoms with Gasteiger partial charge in [-0.2, -0.15) is 8.42 Å². The third kappa shape index (κ3) is 7.83. The van der Waals surface area contributed by atoms with E-state index in [1.54, 1.807) is 24.3 Å². The van der Waals surface area contributed by atoms with Gasteiger partial charge >= 0.3 is 0 Å². The van der Waals surface area contributed by atoms with Crippen molar-refractivity contribution in [3.63, 3.8) is 0 Å². The Morgan fingerprint density at radius 1 is 0.960 bits per heavy atom. The molecular formula is C18H30O6S. The Bertz CT molecular complexity index is 572. The minimum absolute atomic E-state index is 0. The third-order valence-corrected chi connectivity index (χ3v) is 5.31. The van der Waals surface area contributed by atoms with Gasteiger partial charge < -0.3 is 14.6 Å². The summed E-state index contributed by atoms with van der Waals surface area (Å²) in [5, 5.41) is 8.83. The Hall–Kier alpha value is -0.990. The molecule has 3 rings (SSSR count). The fraction of sp³-hybridized carbons (Fsp3) is 0.667. The molecule has 1 N–H and O–H groups in total. The van der Waals surface area contributed by atoms with Gasteiger partial charge in [0.15, 0.2) is 0 Å². The largest absolute Gasteiger partial charge is 0.393 e. The molecule has 2 heterocycles. The van der Waals surface area contributed by atoms with E-state index >= 15 is 0 Å². The molecule has 0 aliphatic carbocycles. The molecule has 6 nitrogen and oxygen atoms in total. The normalized spacial score (nSPS) is 19.4. The van der Waals surface area contributed by atoms with Crippen molar-refractivity contribution < 1.29 is 27.2 Å². The predicted octanol–water partition coefficient (Wildman–Crippen LogP) is 2.67. The van der Waals surface area contributed by atoms with E-state index in [0.29, 0.717) is 26.1 Å². The molecule has 144 valence electrons. The molecule has 2 aliphatic heterocycles. The Balaban J connectivity index is 0.000000330. The zero-order chi connectivity index (χ0) is 17.4. The maximum Gasteiger partial charge on any atom is 0.297 e. The molecular weight excluding hydrogens is 344 g/mol. The fourth-order valence-electron chi connectivity index (χ4n) is 2.40. The lowest BCUT2D eigenvalue weighted by atomic mass is 10.2. The van der Waals surface area contributed by atoms with Crippen LogP contribution in [0.15, 0.2) is 29.2 Å². The summed E-state index contributed by atoms with van der Waals surface area (Å²) in [6, 6.07) is 6.68. The van der Waals surface area contributed by atoms with E-state index in [-0.39, 0.29) is 24.5 Å². The highest BCUT2D eigenvalue weighted by molar-refractivity contribution is 7.86. The first-order valence-electron chi connectivity index (χ1n) is 8.31. The van der Waals surface area contributed by atoms with Crippen LogP contribution in [0.2, 0.25) is 0 Å². The number of aliphatic hydroxyl groups excluding tert-OH is 1. The van der Waals surface area contributed by atoms with Gasteiger partial charge in [0.25, 0.3) is 10.1 Å². The highest BCUT2D eigenvalue weighted by Gasteiger charge is 2.23. The van der Waals surface area contributed by atoms with Crippen LogP contribution < -0.4 is 0 Å². The van der Waals surface area contributed by atoms with E-state index in [4.69, 9.17) is 18.8 Å². The number of benzene rings is 1. The van der Waals surface area contributed by atoms with Crippen molar-refractivity contribution >= 4 is 10.1 Å². The van der Waals surface area contributed by atoms with Crippen molar-refractivity contribution in [2.75, 3.05) is 26.4 Å². The van der Waals surface area contributed by atoms with Crippen LogP contribution in [-0.2, 0) is 23.8 Å². The van der Waals surface area contributed by atoms with Crippen LogP contribution in [0.25, 0.3) is 0 Å².